The Morgan fingerprint density at radius 3 is 2.69 bits per heavy atom. The number of fused-ring (bicyclic) bond motifs is 1. The molecule has 0 fully saturated rings. The van der Waals surface area contributed by atoms with Crippen molar-refractivity contribution < 1.29 is 0 Å². The van der Waals surface area contributed by atoms with Crippen LogP contribution in [0.1, 0.15) is 25.1 Å². The average molecular weight is 233 g/mol. The molecule has 1 heterocycles. The highest BCUT2D eigenvalue weighted by Gasteiger charge is 2.07. The Bertz CT molecular complexity index is 485. The number of hydrogen-bond donors (Lipinski definition) is 0. The molecule has 16 heavy (non-hydrogen) atoms. The molecule has 0 N–H and O–H groups in total. The van der Waals surface area contributed by atoms with Crippen LogP contribution in [0.4, 0.5) is 0 Å². The topological polar surface area (TPSA) is 4.93 Å². The minimum Gasteiger partial charge on any atom is -0.344 e. The van der Waals surface area contributed by atoms with Crippen LogP contribution in [-0.4, -0.2) is 10.3 Å². The Morgan fingerprint density at radius 2 is 2.00 bits per heavy atom. The summed E-state index contributed by atoms with van der Waals surface area (Å²) in [5, 5.41) is 1.37. The molecule has 0 radical (unpaired) electrons. The molecule has 0 amide bonds. The van der Waals surface area contributed by atoms with E-state index in [9.17, 15) is 0 Å². The number of aromatic nitrogens is 1. The fourth-order valence-corrected chi connectivity index (χ4v) is 2.77. The molecular formula is C14H19NS. The van der Waals surface area contributed by atoms with Gasteiger partial charge in [0.15, 0.2) is 0 Å². The van der Waals surface area contributed by atoms with Gasteiger partial charge in [-0.3, -0.25) is 0 Å². The van der Waals surface area contributed by atoms with Crippen LogP contribution in [0.15, 0.2) is 24.3 Å². The maximum atomic E-state index is 2.44. The van der Waals surface area contributed by atoms with Gasteiger partial charge in [-0.25, -0.2) is 0 Å². The van der Waals surface area contributed by atoms with E-state index in [0.29, 0.717) is 0 Å². The summed E-state index contributed by atoms with van der Waals surface area (Å²) in [5.74, 6) is 2.31. The van der Waals surface area contributed by atoms with Gasteiger partial charge in [0.2, 0.25) is 0 Å². The van der Waals surface area contributed by atoms with E-state index in [1.54, 1.807) is 0 Å². The highest BCUT2D eigenvalue weighted by molar-refractivity contribution is 7.98. The van der Waals surface area contributed by atoms with Crippen molar-refractivity contribution in [3.05, 3.63) is 35.5 Å². The lowest BCUT2D eigenvalue weighted by atomic mass is 10.2. The van der Waals surface area contributed by atoms with Crippen molar-refractivity contribution in [1.29, 1.82) is 0 Å². The number of thioether (sulfide) groups is 1. The van der Waals surface area contributed by atoms with E-state index < -0.39 is 0 Å². The molecule has 1 aromatic heterocycles. The van der Waals surface area contributed by atoms with Crippen LogP contribution >= 0.6 is 11.8 Å². The molecule has 2 heteroatoms. The average Bonchev–Trinajstić information content (AvgIpc) is 2.63. The Kier molecular flexibility index (Phi) is 3.59. The third-order valence-corrected chi connectivity index (χ3v) is 3.82. The van der Waals surface area contributed by atoms with Crippen LogP contribution in [0, 0.1) is 6.92 Å². The zero-order valence-corrected chi connectivity index (χ0v) is 11.1. The fraction of sp³-hybridized carbons (Fsp3) is 0.429. The first-order valence-corrected chi connectivity index (χ1v) is 7.08. The SMILES string of the molecule is CCSCc1cc2ccc(C)cc2n1CC. The van der Waals surface area contributed by atoms with Crippen molar-refractivity contribution in [2.45, 2.75) is 33.1 Å². The van der Waals surface area contributed by atoms with Gasteiger partial charge in [0.25, 0.3) is 0 Å². The van der Waals surface area contributed by atoms with E-state index in [-0.39, 0.29) is 0 Å². The molecule has 86 valence electrons. The Hall–Kier alpha value is -0.890. The first kappa shape index (κ1) is 11.6. The van der Waals surface area contributed by atoms with Gasteiger partial charge in [0, 0.05) is 23.5 Å². The molecule has 1 nitrogen and oxygen atoms in total. The minimum absolute atomic E-state index is 1.06. The smallest absolute Gasteiger partial charge is 0.0485 e. The molecule has 0 bridgehead atoms. The lowest BCUT2D eigenvalue weighted by Gasteiger charge is -2.07. The zero-order valence-electron chi connectivity index (χ0n) is 10.3. The molecule has 2 rings (SSSR count). The molecule has 0 aliphatic carbocycles. The summed E-state index contributed by atoms with van der Waals surface area (Å²) in [6.07, 6.45) is 0. The Morgan fingerprint density at radius 1 is 1.19 bits per heavy atom. The van der Waals surface area contributed by atoms with Crippen LogP contribution < -0.4 is 0 Å². The van der Waals surface area contributed by atoms with Crippen molar-refractivity contribution in [3.63, 3.8) is 0 Å². The molecule has 0 unspecified atom stereocenters. The van der Waals surface area contributed by atoms with Gasteiger partial charge in [-0.2, -0.15) is 11.8 Å². The highest BCUT2D eigenvalue weighted by Crippen LogP contribution is 2.24. The second-order valence-electron chi connectivity index (χ2n) is 4.08. The lowest BCUT2D eigenvalue weighted by molar-refractivity contribution is 0.765. The van der Waals surface area contributed by atoms with Crippen LogP contribution in [0.25, 0.3) is 10.9 Å². The normalized spacial score (nSPS) is 11.2. The zero-order chi connectivity index (χ0) is 11.5. The third kappa shape index (κ3) is 2.12. The van der Waals surface area contributed by atoms with Crippen molar-refractivity contribution in [3.8, 4) is 0 Å². The molecule has 2 aromatic rings. The molecule has 0 aliphatic heterocycles. The molecule has 0 atom stereocenters. The molecule has 0 saturated heterocycles. The van der Waals surface area contributed by atoms with Gasteiger partial charge < -0.3 is 4.57 Å². The highest BCUT2D eigenvalue weighted by atomic mass is 32.2. The van der Waals surface area contributed by atoms with Crippen molar-refractivity contribution in [2.24, 2.45) is 0 Å². The van der Waals surface area contributed by atoms with Crippen molar-refractivity contribution in [1.82, 2.24) is 4.57 Å². The van der Waals surface area contributed by atoms with E-state index in [2.05, 4.69) is 49.6 Å². The maximum absolute atomic E-state index is 2.44. The fourth-order valence-electron chi connectivity index (χ4n) is 2.12. The van der Waals surface area contributed by atoms with Crippen molar-refractivity contribution in [2.75, 3.05) is 5.75 Å². The number of rotatable bonds is 4. The van der Waals surface area contributed by atoms with Gasteiger partial charge in [0.05, 0.1) is 0 Å². The Balaban J connectivity index is 2.49. The number of aryl methyl sites for hydroxylation is 2. The second-order valence-corrected chi connectivity index (χ2v) is 5.35. The lowest BCUT2D eigenvalue weighted by Crippen LogP contribution is -1.99. The van der Waals surface area contributed by atoms with Crippen molar-refractivity contribution >= 4 is 22.7 Å². The van der Waals surface area contributed by atoms with E-state index in [0.717, 1.165) is 12.3 Å². The van der Waals surface area contributed by atoms with Gasteiger partial charge in [-0.1, -0.05) is 19.1 Å². The van der Waals surface area contributed by atoms with E-state index >= 15 is 0 Å². The first-order valence-electron chi connectivity index (χ1n) is 5.92. The quantitative estimate of drug-likeness (QED) is 0.765. The number of nitrogens with zero attached hydrogens (tertiary/aromatic N) is 1. The molecule has 1 aromatic carbocycles. The predicted octanol–water partition coefficient (Wildman–Crippen LogP) is 4.22. The molecule has 0 saturated carbocycles. The predicted molar refractivity (Wildman–Crippen MR) is 74.2 cm³/mol. The molecule has 0 spiro atoms. The van der Waals surface area contributed by atoms with Crippen LogP contribution in [0.3, 0.4) is 0 Å². The van der Waals surface area contributed by atoms with Crippen LogP contribution in [0.2, 0.25) is 0 Å². The molecule has 0 aliphatic rings. The van der Waals surface area contributed by atoms with E-state index in [1.807, 2.05) is 11.8 Å². The summed E-state index contributed by atoms with van der Waals surface area (Å²) in [7, 11) is 0. The van der Waals surface area contributed by atoms with Crippen LogP contribution in [-0.2, 0) is 12.3 Å². The van der Waals surface area contributed by atoms with Gasteiger partial charge >= 0.3 is 0 Å². The Labute approximate surface area is 102 Å². The second kappa shape index (κ2) is 4.96. The summed E-state index contributed by atoms with van der Waals surface area (Å²) in [4.78, 5) is 0. The summed E-state index contributed by atoms with van der Waals surface area (Å²) in [6.45, 7) is 7.66. The molecular weight excluding hydrogens is 214 g/mol. The van der Waals surface area contributed by atoms with Crippen LogP contribution in [0.5, 0.6) is 0 Å². The summed E-state index contributed by atoms with van der Waals surface area (Å²) >= 11 is 1.99. The van der Waals surface area contributed by atoms with Gasteiger partial charge in [-0.05, 0) is 42.7 Å². The minimum atomic E-state index is 1.06. The largest absolute Gasteiger partial charge is 0.344 e. The van der Waals surface area contributed by atoms with E-state index in [1.165, 1.54) is 27.9 Å². The van der Waals surface area contributed by atoms with Gasteiger partial charge in [0.1, 0.15) is 0 Å². The summed E-state index contributed by atoms with van der Waals surface area (Å²) < 4.78 is 2.44. The maximum Gasteiger partial charge on any atom is 0.0485 e. The van der Waals surface area contributed by atoms with E-state index in [4.69, 9.17) is 0 Å². The summed E-state index contributed by atoms with van der Waals surface area (Å²) in [5.41, 5.74) is 4.18. The third-order valence-electron chi connectivity index (χ3n) is 2.92. The summed E-state index contributed by atoms with van der Waals surface area (Å²) in [6, 6.07) is 9.05. The van der Waals surface area contributed by atoms with Gasteiger partial charge in [-0.15, -0.1) is 0 Å². The standard InChI is InChI=1S/C14H19NS/c1-4-15-13(10-16-5-2)9-12-7-6-11(3)8-14(12)15/h6-9H,4-5,10H2,1-3H3. The number of hydrogen-bond acceptors (Lipinski definition) is 1. The number of benzene rings is 1. The first-order chi connectivity index (χ1) is 7.76. The monoisotopic (exact) mass is 233 g/mol.